The Hall–Kier alpha value is -2.84. The Morgan fingerprint density at radius 2 is 1.88 bits per heavy atom. The Labute approximate surface area is 152 Å². The monoisotopic (exact) mass is 363 g/mol. The van der Waals surface area contributed by atoms with E-state index in [1.807, 2.05) is 25.7 Å². The molecule has 0 saturated carbocycles. The Morgan fingerprint density at radius 3 is 2.46 bits per heavy atom. The number of ether oxygens (including phenoxy) is 1. The van der Waals surface area contributed by atoms with Gasteiger partial charge in [-0.25, -0.2) is 9.79 Å². The number of rotatable bonds is 3. The average Bonchev–Trinajstić information content (AvgIpc) is 2.58. The zero-order valence-corrected chi connectivity index (χ0v) is 15.3. The number of piperazine rings is 1. The van der Waals surface area contributed by atoms with Crippen LogP contribution in [0.3, 0.4) is 0 Å². The molecule has 0 radical (unpaired) electrons. The number of nitro benzene ring substituents is 1. The number of non-ortho nitro benzene ring substituents is 1. The molecule has 1 saturated heterocycles. The molecular weight excluding hydrogens is 338 g/mol. The lowest BCUT2D eigenvalue weighted by Crippen LogP contribution is -2.53. The second kappa shape index (κ2) is 8.03. The summed E-state index contributed by atoms with van der Waals surface area (Å²) in [7, 11) is 0. The van der Waals surface area contributed by atoms with Crippen molar-refractivity contribution < 1.29 is 14.5 Å². The lowest BCUT2D eigenvalue weighted by Gasteiger charge is -2.36. The Morgan fingerprint density at radius 1 is 1.27 bits per heavy atom. The first-order valence-corrected chi connectivity index (χ1v) is 8.42. The number of hydrogen-bond donors (Lipinski definition) is 1. The number of benzene rings is 1. The molecule has 1 fully saturated rings. The molecule has 2 N–H and O–H groups in total. The van der Waals surface area contributed by atoms with Crippen molar-refractivity contribution in [2.45, 2.75) is 32.9 Å². The first kappa shape index (κ1) is 19.5. The van der Waals surface area contributed by atoms with Crippen molar-refractivity contribution in [1.82, 2.24) is 9.80 Å². The first-order valence-electron chi connectivity index (χ1n) is 8.42. The molecule has 1 aromatic carbocycles. The van der Waals surface area contributed by atoms with Gasteiger partial charge in [0.2, 0.25) is 0 Å². The maximum Gasteiger partial charge on any atom is 0.410 e. The molecule has 1 amide bonds. The van der Waals surface area contributed by atoms with E-state index in [9.17, 15) is 14.9 Å². The molecule has 142 valence electrons. The third-order valence-corrected chi connectivity index (χ3v) is 3.80. The molecule has 0 atom stereocenters. The fourth-order valence-electron chi connectivity index (χ4n) is 2.49. The van der Waals surface area contributed by atoms with E-state index in [0.717, 1.165) is 5.56 Å². The summed E-state index contributed by atoms with van der Waals surface area (Å²) in [6.07, 6.45) is -0.329. The van der Waals surface area contributed by atoms with Gasteiger partial charge in [-0.3, -0.25) is 10.1 Å². The van der Waals surface area contributed by atoms with Gasteiger partial charge in [-0.1, -0.05) is 12.1 Å². The lowest BCUT2D eigenvalue weighted by atomic mass is 10.2. The SMILES string of the molecule is CC(C)(C)OC(=O)N1CCN(C(N)=NCc2cccc([N+](=O)[O-])c2)CC1. The highest BCUT2D eigenvalue weighted by molar-refractivity contribution is 5.78. The van der Waals surface area contributed by atoms with Crippen molar-refractivity contribution in [1.29, 1.82) is 0 Å². The summed E-state index contributed by atoms with van der Waals surface area (Å²) in [4.78, 5) is 30.3. The van der Waals surface area contributed by atoms with Crippen molar-refractivity contribution in [2.24, 2.45) is 10.7 Å². The summed E-state index contributed by atoms with van der Waals surface area (Å²) in [5.74, 6) is 0.361. The minimum Gasteiger partial charge on any atom is -0.444 e. The highest BCUT2D eigenvalue weighted by atomic mass is 16.6. The van der Waals surface area contributed by atoms with Gasteiger partial charge < -0.3 is 20.3 Å². The molecule has 1 aliphatic rings. The topological polar surface area (TPSA) is 114 Å². The van der Waals surface area contributed by atoms with Crippen LogP contribution in [0.25, 0.3) is 0 Å². The molecule has 0 spiro atoms. The lowest BCUT2D eigenvalue weighted by molar-refractivity contribution is -0.384. The van der Waals surface area contributed by atoms with Gasteiger partial charge in [-0.05, 0) is 26.3 Å². The van der Waals surface area contributed by atoms with E-state index in [4.69, 9.17) is 10.5 Å². The van der Waals surface area contributed by atoms with Crippen LogP contribution >= 0.6 is 0 Å². The first-order chi connectivity index (χ1) is 12.2. The van der Waals surface area contributed by atoms with Gasteiger partial charge in [0.15, 0.2) is 5.96 Å². The summed E-state index contributed by atoms with van der Waals surface area (Å²) in [6.45, 7) is 7.88. The van der Waals surface area contributed by atoms with E-state index in [2.05, 4.69) is 4.99 Å². The molecule has 1 aromatic rings. The van der Waals surface area contributed by atoms with Gasteiger partial charge in [-0.15, -0.1) is 0 Å². The number of nitrogens with two attached hydrogens (primary N) is 1. The third kappa shape index (κ3) is 5.61. The zero-order valence-electron chi connectivity index (χ0n) is 15.3. The maximum absolute atomic E-state index is 12.1. The number of carbonyl (C=O) groups excluding carboxylic acids is 1. The summed E-state index contributed by atoms with van der Waals surface area (Å²) in [5, 5.41) is 10.8. The number of aliphatic imine (C=N–C) groups is 1. The number of nitrogens with zero attached hydrogens (tertiary/aromatic N) is 4. The molecular formula is C17H25N5O4. The largest absolute Gasteiger partial charge is 0.444 e. The summed E-state index contributed by atoms with van der Waals surface area (Å²) >= 11 is 0. The number of hydrogen-bond acceptors (Lipinski definition) is 5. The van der Waals surface area contributed by atoms with E-state index < -0.39 is 10.5 Å². The Bertz CT molecular complexity index is 691. The van der Waals surface area contributed by atoms with Crippen molar-refractivity contribution in [3.63, 3.8) is 0 Å². The van der Waals surface area contributed by atoms with Crippen LogP contribution in [0.1, 0.15) is 26.3 Å². The standard InChI is InChI=1S/C17H25N5O4/c1-17(2,3)26-16(23)21-9-7-20(8-10-21)15(18)19-12-13-5-4-6-14(11-13)22(24)25/h4-6,11H,7-10,12H2,1-3H3,(H2,18,19). The molecule has 2 rings (SSSR count). The molecule has 1 heterocycles. The fourth-order valence-corrected chi connectivity index (χ4v) is 2.49. The number of nitro groups is 1. The van der Waals surface area contributed by atoms with E-state index in [-0.39, 0.29) is 18.3 Å². The normalized spacial score (nSPS) is 15.7. The Kier molecular flexibility index (Phi) is 6.01. The van der Waals surface area contributed by atoms with Crippen LogP contribution in [0.4, 0.5) is 10.5 Å². The molecule has 26 heavy (non-hydrogen) atoms. The summed E-state index contributed by atoms with van der Waals surface area (Å²) in [6, 6.07) is 6.31. The molecule has 0 aromatic heterocycles. The van der Waals surface area contributed by atoms with Crippen molar-refractivity contribution in [2.75, 3.05) is 26.2 Å². The van der Waals surface area contributed by atoms with Crippen molar-refractivity contribution in [3.05, 3.63) is 39.9 Å². The van der Waals surface area contributed by atoms with Crippen LogP contribution in [0.2, 0.25) is 0 Å². The van der Waals surface area contributed by atoms with E-state index in [0.29, 0.717) is 32.1 Å². The van der Waals surface area contributed by atoms with Gasteiger partial charge in [0.25, 0.3) is 5.69 Å². The Balaban J connectivity index is 1.88. The predicted molar refractivity (Wildman–Crippen MR) is 97.8 cm³/mol. The smallest absolute Gasteiger partial charge is 0.410 e. The van der Waals surface area contributed by atoms with E-state index >= 15 is 0 Å². The minimum absolute atomic E-state index is 0.0299. The van der Waals surface area contributed by atoms with Crippen LogP contribution < -0.4 is 5.73 Å². The van der Waals surface area contributed by atoms with E-state index in [1.165, 1.54) is 12.1 Å². The van der Waals surface area contributed by atoms with Crippen LogP contribution in [0, 0.1) is 10.1 Å². The third-order valence-electron chi connectivity index (χ3n) is 3.80. The van der Waals surface area contributed by atoms with Gasteiger partial charge in [-0.2, -0.15) is 0 Å². The van der Waals surface area contributed by atoms with Crippen LogP contribution in [-0.4, -0.2) is 58.6 Å². The van der Waals surface area contributed by atoms with E-state index in [1.54, 1.807) is 17.0 Å². The molecule has 0 aliphatic carbocycles. The molecule has 0 bridgehead atoms. The number of amides is 1. The fraction of sp³-hybridized carbons (Fsp3) is 0.529. The maximum atomic E-state index is 12.1. The minimum atomic E-state index is -0.521. The van der Waals surface area contributed by atoms with Crippen molar-refractivity contribution in [3.8, 4) is 0 Å². The van der Waals surface area contributed by atoms with Crippen LogP contribution in [-0.2, 0) is 11.3 Å². The van der Waals surface area contributed by atoms with Gasteiger partial charge in [0.1, 0.15) is 5.60 Å². The molecule has 9 heteroatoms. The highest BCUT2D eigenvalue weighted by Crippen LogP contribution is 2.14. The second-order valence-corrected chi connectivity index (χ2v) is 7.06. The number of guanidine groups is 1. The average molecular weight is 363 g/mol. The molecule has 0 unspecified atom stereocenters. The summed E-state index contributed by atoms with van der Waals surface area (Å²) < 4.78 is 5.36. The summed E-state index contributed by atoms with van der Waals surface area (Å²) in [5.41, 5.74) is 6.25. The highest BCUT2D eigenvalue weighted by Gasteiger charge is 2.26. The second-order valence-electron chi connectivity index (χ2n) is 7.06. The zero-order chi connectivity index (χ0) is 19.3. The van der Waals surface area contributed by atoms with Crippen LogP contribution in [0.5, 0.6) is 0 Å². The van der Waals surface area contributed by atoms with Gasteiger partial charge in [0.05, 0.1) is 11.5 Å². The molecule has 9 nitrogen and oxygen atoms in total. The van der Waals surface area contributed by atoms with Crippen molar-refractivity contribution >= 4 is 17.7 Å². The quantitative estimate of drug-likeness (QED) is 0.380. The predicted octanol–water partition coefficient (Wildman–Crippen LogP) is 1.96. The number of carbonyl (C=O) groups is 1. The van der Waals surface area contributed by atoms with Gasteiger partial charge >= 0.3 is 6.09 Å². The molecule has 1 aliphatic heterocycles. The van der Waals surface area contributed by atoms with Gasteiger partial charge in [0, 0.05) is 38.3 Å². The van der Waals surface area contributed by atoms with Crippen LogP contribution in [0.15, 0.2) is 29.3 Å².